The van der Waals surface area contributed by atoms with Crippen molar-refractivity contribution < 1.29 is 4.79 Å². The second kappa shape index (κ2) is 5.38. The Hall–Kier alpha value is -1.27. The van der Waals surface area contributed by atoms with Gasteiger partial charge in [-0.1, -0.05) is 23.4 Å². The van der Waals surface area contributed by atoms with E-state index >= 15 is 0 Å². The fourth-order valence-corrected chi connectivity index (χ4v) is 2.34. The molecule has 5 nitrogen and oxygen atoms in total. The lowest BCUT2D eigenvalue weighted by atomic mass is 10.1. The van der Waals surface area contributed by atoms with E-state index in [1.54, 1.807) is 12.3 Å². The van der Waals surface area contributed by atoms with Crippen molar-refractivity contribution in [2.75, 3.05) is 5.75 Å². The molecule has 0 unspecified atom stereocenters. The first-order valence-electron chi connectivity index (χ1n) is 5.78. The predicted octanol–water partition coefficient (Wildman–Crippen LogP) is 2.62. The van der Waals surface area contributed by atoms with E-state index < -0.39 is 0 Å². The molecule has 0 saturated heterocycles. The lowest BCUT2D eigenvalue weighted by Crippen LogP contribution is -2.41. The zero-order chi connectivity index (χ0) is 14.0. The zero-order valence-electron chi connectivity index (χ0n) is 11.0. The number of fused-ring (bicyclic) bond motifs is 1. The lowest BCUT2D eigenvalue weighted by molar-refractivity contribution is -0.119. The van der Waals surface area contributed by atoms with E-state index in [0.717, 1.165) is 5.52 Å². The molecule has 0 saturated carbocycles. The maximum Gasteiger partial charge on any atom is 0.230 e. The van der Waals surface area contributed by atoms with E-state index in [0.29, 0.717) is 21.6 Å². The van der Waals surface area contributed by atoms with Crippen LogP contribution in [-0.2, 0) is 4.79 Å². The molecule has 2 heterocycles. The van der Waals surface area contributed by atoms with E-state index in [2.05, 4.69) is 20.3 Å². The van der Waals surface area contributed by atoms with E-state index in [9.17, 15) is 4.79 Å². The number of thioether (sulfide) groups is 1. The van der Waals surface area contributed by atoms with Crippen LogP contribution in [0.15, 0.2) is 17.4 Å². The SMILES string of the molecule is CC(C)(C)NC(=O)CSc1nc2ncc(Cl)cc2[nH]1. The minimum Gasteiger partial charge on any atom is -0.351 e. The number of H-pyrrole nitrogens is 1. The summed E-state index contributed by atoms with van der Waals surface area (Å²) < 4.78 is 0. The summed E-state index contributed by atoms with van der Waals surface area (Å²) in [6.45, 7) is 5.84. The molecule has 0 aliphatic carbocycles. The third-order valence-corrected chi connectivity index (χ3v) is 3.22. The summed E-state index contributed by atoms with van der Waals surface area (Å²) in [6, 6.07) is 1.76. The van der Waals surface area contributed by atoms with Crippen LogP contribution in [0.1, 0.15) is 20.8 Å². The number of rotatable bonds is 3. The minimum atomic E-state index is -0.222. The fraction of sp³-hybridized carbons (Fsp3) is 0.417. The number of nitrogens with one attached hydrogen (secondary N) is 2. The molecular formula is C12H15ClN4OS. The first-order valence-corrected chi connectivity index (χ1v) is 7.15. The van der Waals surface area contributed by atoms with Crippen LogP contribution in [0, 0.1) is 0 Å². The summed E-state index contributed by atoms with van der Waals surface area (Å²) in [7, 11) is 0. The quantitative estimate of drug-likeness (QED) is 0.855. The van der Waals surface area contributed by atoms with Crippen molar-refractivity contribution in [1.82, 2.24) is 20.3 Å². The van der Waals surface area contributed by atoms with Gasteiger partial charge in [-0.2, -0.15) is 0 Å². The molecule has 0 radical (unpaired) electrons. The molecule has 0 fully saturated rings. The Morgan fingerprint density at radius 2 is 2.26 bits per heavy atom. The topological polar surface area (TPSA) is 70.7 Å². The number of carbonyl (C=O) groups excluding carboxylic acids is 1. The van der Waals surface area contributed by atoms with Crippen LogP contribution in [0.2, 0.25) is 5.02 Å². The Morgan fingerprint density at radius 1 is 1.53 bits per heavy atom. The summed E-state index contributed by atoms with van der Waals surface area (Å²) in [4.78, 5) is 23.2. The Kier molecular flexibility index (Phi) is 4.01. The van der Waals surface area contributed by atoms with Crippen LogP contribution in [0.3, 0.4) is 0 Å². The van der Waals surface area contributed by atoms with Crippen LogP contribution < -0.4 is 5.32 Å². The number of amides is 1. The van der Waals surface area contributed by atoms with Crippen molar-refractivity contribution in [2.45, 2.75) is 31.5 Å². The third-order valence-electron chi connectivity index (χ3n) is 2.14. The average molecular weight is 299 g/mol. The zero-order valence-corrected chi connectivity index (χ0v) is 12.5. The molecule has 0 aliphatic heterocycles. The van der Waals surface area contributed by atoms with Gasteiger partial charge in [0, 0.05) is 11.7 Å². The number of carbonyl (C=O) groups is 1. The smallest absolute Gasteiger partial charge is 0.230 e. The van der Waals surface area contributed by atoms with Gasteiger partial charge in [-0.05, 0) is 26.8 Å². The molecule has 0 bridgehead atoms. The Morgan fingerprint density at radius 3 is 2.95 bits per heavy atom. The summed E-state index contributed by atoms with van der Waals surface area (Å²) in [6.07, 6.45) is 1.55. The monoisotopic (exact) mass is 298 g/mol. The van der Waals surface area contributed by atoms with E-state index in [4.69, 9.17) is 11.6 Å². The Bertz CT molecular complexity index is 605. The van der Waals surface area contributed by atoms with Crippen LogP contribution in [0.4, 0.5) is 0 Å². The van der Waals surface area contributed by atoms with Crippen molar-refractivity contribution >= 4 is 40.4 Å². The molecule has 2 N–H and O–H groups in total. The van der Waals surface area contributed by atoms with Gasteiger partial charge >= 0.3 is 0 Å². The van der Waals surface area contributed by atoms with Crippen molar-refractivity contribution in [2.24, 2.45) is 0 Å². The van der Waals surface area contributed by atoms with E-state index in [1.165, 1.54) is 11.8 Å². The molecule has 7 heteroatoms. The second-order valence-corrected chi connectivity index (χ2v) is 6.55. The number of nitrogens with zero attached hydrogens (tertiary/aromatic N) is 2. The van der Waals surface area contributed by atoms with Crippen LogP contribution in [-0.4, -0.2) is 32.2 Å². The van der Waals surface area contributed by atoms with Crippen molar-refractivity contribution in [3.63, 3.8) is 0 Å². The molecule has 2 aromatic rings. The van der Waals surface area contributed by atoms with Crippen LogP contribution >= 0.6 is 23.4 Å². The molecule has 2 aromatic heterocycles. The predicted molar refractivity (Wildman–Crippen MR) is 77.5 cm³/mol. The normalized spacial score (nSPS) is 11.8. The molecule has 0 spiro atoms. The summed E-state index contributed by atoms with van der Waals surface area (Å²) in [5.74, 6) is 0.286. The number of hydrogen-bond donors (Lipinski definition) is 2. The highest BCUT2D eigenvalue weighted by Crippen LogP contribution is 2.20. The van der Waals surface area contributed by atoms with Crippen molar-refractivity contribution in [3.8, 4) is 0 Å². The first-order chi connectivity index (χ1) is 8.83. The third kappa shape index (κ3) is 4.11. The molecule has 102 valence electrons. The minimum absolute atomic E-state index is 0.0241. The number of halogens is 1. The first kappa shape index (κ1) is 14.1. The molecule has 0 atom stereocenters. The summed E-state index contributed by atoms with van der Waals surface area (Å²) in [5.41, 5.74) is 1.15. The van der Waals surface area contributed by atoms with E-state index in [-0.39, 0.29) is 11.4 Å². The van der Waals surface area contributed by atoms with Crippen molar-refractivity contribution in [1.29, 1.82) is 0 Å². The van der Waals surface area contributed by atoms with Crippen LogP contribution in [0.5, 0.6) is 0 Å². The average Bonchev–Trinajstić information content (AvgIpc) is 2.66. The van der Waals surface area contributed by atoms with Gasteiger partial charge in [-0.15, -0.1) is 0 Å². The molecule has 19 heavy (non-hydrogen) atoms. The molecule has 0 aliphatic rings. The van der Waals surface area contributed by atoms with Gasteiger partial charge in [0.05, 0.1) is 16.3 Å². The summed E-state index contributed by atoms with van der Waals surface area (Å²) in [5, 5.41) is 4.11. The molecular weight excluding hydrogens is 284 g/mol. The van der Waals surface area contributed by atoms with Gasteiger partial charge in [0.15, 0.2) is 10.8 Å². The van der Waals surface area contributed by atoms with Gasteiger partial charge in [0.2, 0.25) is 5.91 Å². The van der Waals surface area contributed by atoms with Crippen molar-refractivity contribution in [3.05, 3.63) is 17.3 Å². The second-order valence-electron chi connectivity index (χ2n) is 5.15. The number of imidazole rings is 1. The Balaban J connectivity index is 2.00. The highest BCUT2D eigenvalue weighted by molar-refractivity contribution is 7.99. The van der Waals surface area contributed by atoms with Gasteiger partial charge in [-0.25, -0.2) is 9.97 Å². The summed E-state index contributed by atoms with van der Waals surface area (Å²) >= 11 is 7.19. The molecule has 1 amide bonds. The highest BCUT2D eigenvalue weighted by atomic mass is 35.5. The largest absolute Gasteiger partial charge is 0.351 e. The highest BCUT2D eigenvalue weighted by Gasteiger charge is 2.14. The lowest BCUT2D eigenvalue weighted by Gasteiger charge is -2.19. The number of hydrogen-bond acceptors (Lipinski definition) is 4. The maximum atomic E-state index is 11.7. The van der Waals surface area contributed by atoms with Crippen LogP contribution in [0.25, 0.3) is 11.2 Å². The maximum absolute atomic E-state index is 11.7. The number of pyridine rings is 1. The van der Waals surface area contributed by atoms with Gasteiger partial charge in [-0.3, -0.25) is 4.79 Å². The van der Waals surface area contributed by atoms with Gasteiger partial charge in [0.25, 0.3) is 0 Å². The Labute approximate surface area is 120 Å². The van der Waals surface area contributed by atoms with E-state index in [1.807, 2.05) is 20.8 Å². The molecule has 2 rings (SSSR count). The molecule has 0 aromatic carbocycles. The van der Waals surface area contributed by atoms with Gasteiger partial charge < -0.3 is 10.3 Å². The fourth-order valence-electron chi connectivity index (χ4n) is 1.51. The number of aromatic nitrogens is 3. The number of aromatic amines is 1. The van der Waals surface area contributed by atoms with Gasteiger partial charge in [0.1, 0.15) is 0 Å². The standard InChI is InChI=1S/C12H15ClN4OS/c1-12(2,3)17-9(18)6-19-11-15-8-4-7(13)5-14-10(8)16-11/h4-5H,6H2,1-3H3,(H,17,18)(H,14,15,16).